The number of hydrogen-bond acceptors (Lipinski definition) is 5. The Morgan fingerprint density at radius 1 is 0.913 bits per heavy atom. The van der Waals surface area contributed by atoms with Crippen LogP contribution in [-0.4, -0.2) is 33.0 Å². The van der Waals surface area contributed by atoms with E-state index in [0.29, 0.717) is 17.5 Å². The van der Waals surface area contributed by atoms with Crippen molar-refractivity contribution in [2.75, 3.05) is 0 Å². The monoisotopic (exact) mass is 318 g/mol. The molecule has 3 rings (SSSR count). The lowest BCUT2D eigenvalue weighted by atomic mass is 9.89. The molecule has 0 spiro atoms. The minimum atomic E-state index is -1.05. The molecule has 0 radical (unpaired) electrons. The maximum atomic E-state index is 12.1. The highest BCUT2D eigenvalue weighted by Gasteiger charge is 2.46. The van der Waals surface area contributed by atoms with Gasteiger partial charge < -0.3 is 10.2 Å². The van der Waals surface area contributed by atoms with Crippen molar-refractivity contribution in [1.82, 2.24) is 10.2 Å². The van der Waals surface area contributed by atoms with Crippen molar-refractivity contribution in [3.63, 3.8) is 0 Å². The maximum Gasteiger partial charge on any atom is 0.244 e. The number of carbonyl (C=O) groups is 2. The maximum absolute atomic E-state index is 12.1. The predicted octanol–water partition coefficient (Wildman–Crippen LogP) is 1.02. The topological polar surface area (TPSA) is 89.9 Å². The summed E-state index contributed by atoms with van der Waals surface area (Å²) in [7, 11) is 0. The largest absolute Gasteiger partial charge is 0.374 e. The Morgan fingerprint density at radius 3 is 1.83 bits per heavy atom. The van der Waals surface area contributed by atoms with Crippen molar-refractivity contribution >= 4 is 11.8 Å². The first-order valence-electron chi connectivity index (χ1n) is 7.83. The van der Waals surface area contributed by atoms with Crippen LogP contribution < -0.4 is 5.32 Å². The Hall–Kier alpha value is -1.76. The smallest absolute Gasteiger partial charge is 0.244 e. The Bertz CT molecular complexity index is 672. The molecule has 1 aromatic rings. The molecule has 124 valence electrons. The molecule has 3 unspecified atom stereocenters. The molecule has 2 heterocycles. The normalized spacial score (nSPS) is 28.0. The zero-order chi connectivity index (χ0) is 17.0. The molecule has 2 aliphatic rings. The van der Waals surface area contributed by atoms with Gasteiger partial charge in [0.15, 0.2) is 0 Å². The second-order valence-corrected chi connectivity index (χ2v) is 6.49. The van der Waals surface area contributed by atoms with E-state index in [1.165, 1.54) is 4.90 Å². The molecule has 0 saturated carbocycles. The van der Waals surface area contributed by atoms with E-state index in [1.807, 2.05) is 27.7 Å². The second kappa shape index (κ2) is 5.40. The van der Waals surface area contributed by atoms with E-state index < -0.39 is 24.4 Å². The molecule has 6 heteroatoms. The van der Waals surface area contributed by atoms with Crippen LogP contribution in [0.1, 0.15) is 58.7 Å². The Labute approximate surface area is 135 Å². The summed E-state index contributed by atoms with van der Waals surface area (Å²) in [6.45, 7) is 7.83. The summed E-state index contributed by atoms with van der Waals surface area (Å²) in [4.78, 5) is 24.9. The minimum Gasteiger partial charge on any atom is -0.374 e. The summed E-state index contributed by atoms with van der Waals surface area (Å²) in [5.41, 5.74) is 5.40. The van der Waals surface area contributed by atoms with Crippen molar-refractivity contribution < 1.29 is 19.8 Å². The van der Waals surface area contributed by atoms with Gasteiger partial charge in [0.2, 0.25) is 11.8 Å². The molecule has 2 aliphatic heterocycles. The number of imide groups is 1. The van der Waals surface area contributed by atoms with E-state index in [9.17, 15) is 19.8 Å². The lowest BCUT2D eigenvalue weighted by Crippen LogP contribution is -2.52. The number of carbonyl (C=O) groups excluding carboxylic acids is 2. The SMILES string of the molecule is Cc1c(C)c(C)c2c(c1C)C(O)N(C1CCC(=O)NC1=O)C2O. The van der Waals surface area contributed by atoms with Gasteiger partial charge in [0.25, 0.3) is 0 Å². The number of amides is 2. The van der Waals surface area contributed by atoms with E-state index in [1.54, 1.807) is 0 Å². The van der Waals surface area contributed by atoms with Crippen LogP contribution in [0.4, 0.5) is 0 Å². The highest BCUT2D eigenvalue weighted by Crippen LogP contribution is 2.46. The van der Waals surface area contributed by atoms with Crippen molar-refractivity contribution in [3.05, 3.63) is 33.4 Å². The Balaban J connectivity index is 2.08. The number of rotatable bonds is 1. The summed E-state index contributed by atoms with van der Waals surface area (Å²) in [6.07, 6.45) is -1.61. The molecule has 6 nitrogen and oxygen atoms in total. The fourth-order valence-electron chi connectivity index (χ4n) is 3.78. The third-order valence-corrected chi connectivity index (χ3v) is 5.44. The molecule has 0 aromatic heterocycles. The van der Waals surface area contributed by atoms with Crippen LogP contribution in [-0.2, 0) is 9.59 Å². The van der Waals surface area contributed by atoms with Gasteiger partial charge in [-0.3, -0.25) is 14.9 Å². The molecular formula is C17H22N2O4. The van der Waals surface area contributed by atoms with Crippen LogP contribution in [0.3, 0.4) is 0 Å². The third kappa shape index (κ3) is 2.21. The molecule has 1 aromatic carbocycles. The molecular weight excluding hydrogens is 296 g/mol. The van der Waals surface area contributed by atoms with Gasteiger partial charge in [-0.1, -0.05) is 0 Å². The quantitative estimate of drug-likeness (QED) is 0.673. The van der Waals surface area contributed by atoms with Gasteiger partial charge in [-0.05, 0) is 56.4 Å². The first-order valence-corrected chi connectivity index (χ1v) is 7.83. The summed E-state index contributed by atoms with van der Waals surface area (Å²) in [5.74, 6) is -0.776. The first-order chi connectivity index (χ1) is 10.8. The van der Waals surface area contributed by atoms with Gasteiger partial charge in [0, 0.05) is 17.5 Å². The average Bonchev–Trinajstić information content (AvgIpc) is 2.75. The van der Waals surface area contributed by atoms with E-state index in [4.69, 9.17) is 0 Å². The van der Waals surface area contributed by atoms with Gasteiger partial charge in [-0.2, -0.15) is 0 Å². The standard InChI is InChI=1S/C17H22N2O4/c1-7-8(2)10(4)14-13(9(7)3)16(22)19(17(14)23)11-5-6-12(20)18-15(11)21/h11,16-17,22-23H,5-6H2,1-4H3,(H,18,20,21). The molecule has 3 N–H and O–H groups in total. The first kappa shape index (κ1) is 16.1. The van der Waals surface area contributed by atoms with E-state index in [0.717, 1.165) is 22.3 Å². The Morgan fingerprint density at radius 2 is 1.39 bits per heavy atom. The summed E-state index contributed by atoms with van der Waals surface area (Å²) in [5, 5.41) is 23.8. The zero-order valence-electron chi connectivity index (χ0n) is 13.8. The summed E-state index contributed by atoms with van der Waals surface area (Å²) < 4.78 is 0. The van der Waals surface area contributed by atoms with Crippen LogP contribution in [0.25, 0.3) is 0 Å². The van der Waals surface area contributed by atoms with Gasteiger partial charge >= 0.3 is 0 Å². The molecule has 0 aliphatic carbocycles. The molecule has 23 heavy (non-hydrogen) atoms. The van der Waals surface area contributed by atoms with E-state index in [-0.39, 0.29) is 12.3 Å². The number of piperidine rings is 1. The zero-order valence-corrected chi connectivity index (χ0v) is 13.8. The molecule has 0 bridgehead atoms. The lowest BCUT2D eigenvalue weighted by Gasteiger charge is -2.34. The fourth-order valence-corrected chi connectivity index (χ4v) is 3.78. The molecule has 3 atom stereocenters. The van der Waals surface area contributed by atoms with Gasteiger partial charge in [0.05, 0.1) is 6.04 Å². The fraction of sp³-hybridized carbons (Fsp3) is 0.529. The van der Waals surface area contributed by atoms with Crippen molar-refractivity contribution in [2.45, 2.75) is 59.0 Å². The predicted molar refractivity (Wildman–Crippen MR) is 83.3 cm³/mol. The van der Waals surface area contributed by atoms with E-state index in [2.05, 4.69) is 5.32 Å². The highest BCUT2D eigenvalue weighted by molar-refractivity contribution is 6.00. The Kier molecular flexibility index (Phi) is 3.78. The second-order valence-electron chi connectivity index (χ2n) is 6.49. The number of aliphatic hydroxyl groups excluding tert-OH is 2. The lowest BCUT2D eigenvalue weighted by molar-refractivity contribution is -0.154. The van der Waals surface area contributed by atoms with Gasteiger partial charge in [-0.15, -0.1) is 0 Å². The highest BCUT2D eigenvalue weighted by atomic mass is 16.3. The van der Waals surface area contributed by atoms with Crippen LogP contribution in [0.2, 0.25) is 0 Å². The van der Waals surface area contributed by atoms with Crippen molar-refractivity contribution in [2.24, 2.45) is 0 Å². The van der Waals surface area contributed by atoms with Gasteiger partial charge in [-0.25, -0.2) is 4.90 Å². The molecule has 2 amide bonds. The summed E-state index contributed by atoms with van der Waals surface area (Å²) in [6, 6.07) is -0.718. The third-order valence-electron chi connectivity index (χ3n) is 5.44. The van der Waals surface area contributed by atoms with Crippen LogP contribution >= 0.6 is 0 Å². The number of benzene rings is 1. The molecule has 1 saturated heterocycles. The van der Waals surface area contributed by atoms with Crippen molar-refractivity contribution in [1.29, 1.82) is 0 Å². The summed E-state index contributed by atoms with van der Waals surface area (Å²) >= 11 is 0. The number of aliphatic hydroxyl groups is 2. The number of hydrogen-bond donors (Lipinski definition) is 3. The van der Waals surface area contributed by atoms with Crippen molar-refractivity contribution in [3.8, 4) is 0 Å². The molecule has 1 fully saturated rings. The average molecular weight is 318 g/mol. The number of fused-ring (bicyclic) bond motifs is 1. The van der Waals surface area contributed by atoms with Crippen LogP contribution in [0.5, 0.6) is 0 Å². The van der Waals surface area contributed by atoms with Crippen LogP contribution in [0, 0.1) is 27.7 Å². The van der Waals surface area contributed by atoms with Crippen LogP contribution in [0.15, 0.2) is 0 Å². The van der Waals surface area contributed by atoms with Gasteiger partial charge in [0.1, 0.15) is 12.5 Å². The van der Waals surface area contributed by atoms with E-state index >= 15 is 0 Å². The number of nitrogens with one attached hydrogen (secondary N) is 1. The minimum absolute atomic E-state index is 0.207. The number of nitrogens with zero attached hydrogens (tertiary/aromatic N) is 1.